The van der Waals surface area contributed by atoms with E-state index >= 15 is 0 Å². The van der Waals surface area contributed by atoms with Crippen molar-refractivity contribution in [1.29, 1.82) is 0 Å². The summed E-state index contributed by atoms with van der Waals surface area (Å²) in [6, 6.07) is -0.950. The van der Waals surface area contributed by atoms with E-state index in [1.165, 1.54) is 89.9 Å². The Bertz CT molecular complexity index is 1510. The van der Waals surface area contributed by atoms with Crippen LogP contribution in [0.2, 0.25) is 0 Å². The highest BCUT2D eigenvalue weighted by Crippen LogP contribution is 2.38. The molecular weight excluding hydrogens is 864 g/mol. The number of hydrogen-bond donors (Lipinski definition) is 2. The van der Waals surface area contributed by atoms with E-state index < -0.39 is 26.6 Å². The molecule has 0 aliphatic rings. The minimum Gasteiger partial charge on any atom is -0.756 e. The third-order valence-electron chi connectivity index (χ3n) is 11.1. The smallest absolute Gasteiger partial charge is 0.268 e. The number of phosphoric acid groups is 1. The molecule has 0 saturated carbocycles. The molecule has 0 aromatic heterocycles. The number of nitrogens with zero attached hydrogens (tertiary/aromatic N) is 1. The van der Waals surface area contributed by atoms with Gasteiger partial charge in [-0.15, -0.1) is 0 Å². The van der Waals surface area contributed by atoms with E-state index in [-0.39, 0.29) is 18.9 Å². The summed E-state index contributed by atoms with van der Waals surface area (Å²) >= 11 is 0. The number of amides is 1. The van der Waals surface area contributed by atoms with Crippen molar-refractivity contribution in [3.63, 3.8) is 0 Å². The highest BCUT2D eigenvalue weighted by molar-refractivity contribution is 7.45. The van der Waals surface area contributed by atoms with Crippen molar-refractivity contribution < 1.29 is 32.9 Å². The third kappa shape index (κ3) is 50.8. The number of phosphoric ester groups is 1. The zero-order valence-electron chi connectivity index (χ0n) is 44.0. The summed E-state index contributed by atoms with van der Waals surface area (Å²) in [7, 11) is 1.18. The first-order chi connectivity index (χ1) is 33.0. The summed E-state index contributed by atoms with van der Waals surface area (Å²) in [5.74, 6) is -0.274. The van der Waals surface area contributed by atoms with Gasteiger partial charge in [-0.25, -0.2) is 0 Å². The average Bonchev–Trinajstić information content (AvgIpc) is 3.30. The lowest BCUT2D eigenvalue weighted by Crippen LogP contribution is -2.45. The van der Waals surface area contributed by atoms with Crippen molar-refractivity contribution in [2.45, 2.75) is 206 Å². The summed E-state index contributed by atoms with van der Waals surface area (Å²) < 4.78 is 23.2. The lowest BCUT2D eigenvalue weighted by molar-refractivity contribution is -0.870. The number of rotatable bonds is 47. The van der Waals surface area contributed by atoms with Crippen molar-refractivity contribution in [3.05, 3.63) is 122 Å². The second kappa shape index (κ2) is 48.9. The standard InChI is InChI=1S/C59H101N2O6P/c1-6-8-10-12-14-16-18-20-22-24-26-28-30-32-34-36-38-40-42-44-46-48-50-52-58(62)57(56-67-68(64,65)66-55-54-61(3,4)5)60-59(63)53-51-49-47-45-43-41-39-37-35-33-31-29-27-25-23-21-19-17-15-13-11-9-7-2/h9,11,15,17,21,23,27,29,33-36,39,41-42,44-45,47,50,52,57-58,62H,6-8,10,12-14,16,18-20,22,24-26,28,30-32,37-38,40,43,46,48-49,51,53-56H2,1-5H3,(H-,60,63,64,65)/b11-9-,17-15-,23-21-,29-27-,35-33-,36-34+,41-39-,44-42+,47-45-,52-50+. The van der Waals surface area contributed by atoms with Crippen LogP contribution in [-0.2, 0) is 18.4 Å². The van der Waals surface area contributed by atoms with E-state index in [2.05, 4.69) is 129 Å². The van der Waals surface area contributed by atoms with Crippen molar-refractivity contribution in [2.24, 2.45) is 0 Å². The van der Waals surface area contributed by atoms with Gasteiger partial charge < -0.3 is 28.8 Å². The molecule has 3 unspecified atom stereocenters. The van der Waals surface area contributed by atoms with Crippen LogP contribution in [0, 0.1) is 0 Å². The molecule has 0 spiro atoms. The molecule has 9 heteroatoms. The van der Waals surface area contributed by atoms with E-state index in [9.17, 15) is 19.4 Å². The molecule has 1 amide bonds. The Kier molecular flexibility index (Phi) is 46.7. The Labute approximate surface area is 418 Å². The maximum atomic E-state index is 12.9. The van der Waals surface area contributed by atoms with Gasteiger partial charge in [0, 0.05) is 6.42 Å². The molecule has 2 N–H and O–H groups in total. The van der Waals surface area contributed by atoms with Gasteiger partial charge in [-0.1, -0.05) is 212 Å². The molecule has 0 rings (SSSR count). The van der Waals surface area contributed by atoms with Crippen LogP contribution in [0.5, 0.6) is 0 Å². The Morgan fingerprint density at radius 3 is 1.37 bits per heavy atom. The number of carbonyl (C=O) groups is 1. The van der Waals surface area contributed by atoms with Crippen LogP contribution in [0.15, 0.2) is 122 Å². The molecule has 0 aliphatic heterocycles. The van der Waals surface area contributed by atoms with Gasteiger partial charge in [0.25, 0.3) is 7.82 Å². The third-order valence-corrected chi connectivity index (χ3v) is 12.1. The molecule has 0 bridgehead atoms. The molecule has 0 aliphatic carbocycles. The molecule has 8 nitrogen and oxygen atoms in total. The van der Waals surface area contributed by atoms with Crippen molar-refractivity contribution >= 4 is 13.7 Å². The van der Waals surface area contributed by atoms with Crippen molar-refractivity contribution in [2.75, 3.05) is 40.9 Å². The van der Waals surface area contributed by atoms with E-state index in [0.717, 1.165) is 70.6 Å². The number of likely N-dealkylation sites (N-methyl/N-ethyl adjacent to an activating group) is 1. The predicted octanol–water partition coefficient (Wildman–Crippen LogP) is 15.6. The number of unbranched alkanes of at least 4 members (excludes halogenated alkanes) is 16. The molecule has 0 saturated heterocycles. The first-order valence-electron chi connectivity index (χ1n) is 26.9. The van der Waals surface area contributed by atoms with Gasteiger partial charge in [0.15, 0.2) is 0 Å². The summed E-state index contributed by atoms with van der Waals surface area (Å²) in [5, 5.41) is 13.8. The van der Waals surface area contributed by atoms with Crippen LogP contribution >= 0.6 is 7.82 Å². The summed E-state index contributed by atoms with van der Waals surface area (Å²) in [6.07, 6.45) is 72.8. The second-order valence-corrected chi connectivity index (χ2v) is 20.2. The zero-order chi connectivity index (χ0) is 49.9. The topological polar surface area (TPSA) is 108 Å². The number of hydrogen-bond acceptors (Lipinski definition) is 6. The Hall–Kier alpha value is -3.10. The van der Waals surface area contributed by atoms with Gasteiger partial charge in [-0.05, 0) is 96.3 Å². The van der Waals surface area contributed by atoms with Crippen LogP contribution in [0.3, 0.4) is 0 Å². The van der Waals surface area contributed by atoms with E-state index in [1.807, 2.05) is 27.2 Å². The lowest BCUT2D eigenvalue weighted by Gasteiger charge is -2.29. The monoisotopic (exact) mass is 965 g/mol. The van der Waals surface area contributed by atoms with E-state index in [0.29, 0.717) is 23.9 Å². The number of quaternary nitrogens is 1. The van der Waals surface area contributed by atoms with Gasteiger partial charge in [-0.3, -0.25) is 9.36 Å². The second-order valence-electron chi connectivity index (χ2n) is 18.8. The minimum atomic E-state index is -4.63. The fourth-order valence-electron chi connectivity index (χ4n) is 6.94. The minimum absolute atomic E-state index is 0.0271. The first-order valence-corrected chi connectivity index (χ1v) is 28.4. The number of nitrogens with one attached hydrogen (secondary N) is 1. The largest absolute Gasteiger partial charge is 0.756 e. The van der Waals surface area contributed by atoms with Crippen LogP contribution in [0.4, 0.5) is 0 Å². The number of aliphatic hydroxyl groups excluding tert-OH is 1. The quantitative estimate of drug-likeness (QED) is 0.0272. The highest BCUT2D eigenvalue weighted by Gasteiger charge is 2.23. The van der Waals surface area contributed by atoms with Crippen LogP contribution in [0.25, 0.3) is 0 Å². The molecule has 0 fully saturated rings. The summed E-state index contributed by atoms with van der Waals surface area (Å²) in [5.41, 5.74) is 0. The van der Waals surface area contributed by atoms with E-state index in [4.69, 9.17) is 9.05 Å². The molecule has 388 valence electrons. The van der Waals surface area contributed by atoms with E-state index in [1.54, 1.807) is 6.08 Å². The first kappa shape index (κ1) is 64.9. The normalized spacial score (nSPS) is 15.0. The van der Waals surface area contributed by atoms with Gasteiger partial charge in [-0.2, -0.15) is 0 Å². The Balaban J connectivity index is 4.50. The molecule has 68 heavy (non-hydrogen) atoms. The molecule has 0 aromatic rings. The maximum absolute atomic E-state index is 12.9. The van der Waals surface area contributed by atoms with Crippen molar-refractivity contribution in [1.82, 2.24) is 5.32 Å². The molecular formula is C59H101N2O6P. The summed E-state index contributed by atoms with van der Waals surface area (Å²) in [4.78, 5) is 25.4. The Morgan fingerprint density at radius 2 is 0.912 bits per heavy atom. The number of aliphatic hydroxyl groups is 1. The van der Waals surface area contributed by atoms with Crippen LogP contribution < -0.4 is 10.2 Å². The maximum Gasteiger partial charge on any atom is 0.268 e. The van der Waals surface area contributed by atoms with Gasteiger partial charge in [0.05, 0.1) is 39.9 Å². The molecule has 3 atom stereocenters. The van der Waals surface area contributed by atoms with Crippen molar-refractivity contribution in [3.8, 4) is 0 Å². The fraction of sp³-hybridized carbons (Fsp3) is 0.644. The molecule has 0 radical (unpaired) electrons. The summed E-state index contributed by atoms with van der Waals surface area (Å²) in [6.45, 7) is 4.45. The highest BCUT2D eigenvalue weighted by atomic mass is 31.2. The van der Waals surface area contributed by atoms with Gasteiger partial charge in [0.2, 0.25) is 5.91 Å². The number of carbonyl (C=O) groups excluding carboxylic acids is 1. The van der Waals surface area contributed by atoms with Crippen LogP contribution in [-0.4, -0.2) is 68.5 Å². The van der Waals surface area contributed by atoms with Gasteiger partial charge in [0.1, 0.15) is 13.2 Å². The van der Waals surface area contributed by atoms with Gasteiger partial charge >= 0.3 is 0 Å². The zero-order valence-corrected chi connectivity index (χ0v) is 44.9. The number of allylic oxidation sites excluding steroid dienone is 19. The lowest BCUT2D eigenvalue weighted by atomic mass is 10.0. The molecule has 0 heterocycles. The average molecular weight is 965 g/mol. The van der Waals surface area contributed by atoms with Crippen LogP contribution in [0.1, 0.15) is 194 Å². The Morgan fingerprint density at radius 1 is 0.529 bits per heavy atom. The molecule has 0 aromatic carbocycles. The fourth-order valence-corrected chi connectivity index (χ4v) is 7.66. The predicted molar refractivity (Wildman–Crippen MR) is 292 cm³/mol. The SMILES string of the molecule is CC/C=C\C/C=C\C/C=C\C/C=C\C/C=C\C/C=C\C/C=C\CCCC(=O)NC(COP(=O)([O-])OCC[N+](C)(C)C)C(O)/C=C/CC/C=C/CC/C=C/CCCCCCCCCCCCCCC.